The molecule has 0 spiro atoms. The van der Waals surface area contributed by atoms with Crippen molar-refractivity contribution in [1.29, 1.82) is 0 Å². The molecule has 2 atom stereocenters. The largest absolute Gasteiger partial charge is 0.371 e. The van der Waals surface area contributed by atoms with Gasteiger partial charge in [0.2, 0.25) is 14.2 Å². The Kier molecular flexibility index (Phi) is 5.22. The predicted octanol–water partition coefficient (Wildman–Crippen LogP) is 2.56. The van der Waals surface area contributed by atoms with Gasteiger partial charge in [-0.2, -0.15) is 0 Å². The van der Waals surface area contributed by atoms with Crippen LogP contribution in [-0.4, -0.2) is 49.0 Å². The van der Waals surface area contributed by atoms with E-state index in [4.69, 9.17) is 16.3 Å². The van der Waals surface area contributed by atoms with E-state index in [-0.39, 0.29) is 16.5 Å². The van der Waals surface area contributed by atoms with Gasteiger partial charge in [0.25, 0.3) is 0 Å². The van der Waals surface area contributed by atoms with E-state index < -0.39 is 9.84 Å². The van der Waals surface area contributed by atoms with Crippen LogP contribution in [0.4, 0.5) is 0 Å². The van der Waals surface area contributed by atoms with Crippen LogP contribution >= 0.6 is 22.9 Å². The zero-order valence-electron chi connectivity index (χ0n) is 13.3. The van der Waals surface area contributed by atoms with Crippen LogP contribution in [0.2, 0.25) is 5.02 Å². The van der Waals surface area contributed by atoms with Gasteiger partial charge in [-0.05, 0) is 13.0 Å². The smallest absolute Gasteiger partial charge is 0.232 e. The Morgan fingerprint density at radius 1 is 1.38 bits per heavy atom. The molecular weight excluding hydrogens is 370 g/mol. The molecule has 24 heavy (non-hydrogen) atoms. The summed E-state index contributed by atoms with van der Waals surface area (Å²) in [7, 11) is -3.31. The number of hydrogen-bond donors (Lipinski definition) is 0. The first-order valence-electron chi connectivity index (χ1n) is 7.47. The SMILES string of the molecule is CC1COC(c2ccccc2Cl)CN1Cc1nnc(S(C)(=O)=O)s1. The van der Waals surface area contributed by atoms with Crippen molar-refractivity contribution >= 4 is 32.8 Å². The molecule has 1 saturated heterocycles. The number of morpholine rings is 1. The average Bonchev–Trinajstić information content (AvgIpc) is 2.99. The number of sulfone groups is 1. The molecule has 1 aliphatic rings. The van der Waals surface area contributed by atoms with E-state index in [0.717, 1.165) is 23.2 Å². The topological polar surface area (TPSA) is 72.4 Å². The normalized spacial score (nSPS) is 22.6. The fraction of sp³-hybridized carbons (Fsp3) is 0.467. The maximum absolute atomic E-state index is 11.5. The second-order valence-electron chi connectivity index (χ2n) is 5.86. The molecule has 0 aliphatic carbocycles. The van der Waals surface area contributed by atoms with Gasteiger partial charge in [0, 0.05) is 29.4 Å². The zero-order chi connectivity index (χ0) is 17.3. The maximum Gasteiger partial charge on any atom is 0.232 e. The standard InChI is InChI=1S/C15H18ClN3O3S2/c1-10-9-22-13(11-5-3-4-6-12(11)16)7-19(10)8-14-17-18-15(23-14)24(2,20)21/h3-6,10,13H,7-9H2,1-2H3. The summed E-state index contributed by atoms with van der Waals surface area (Å²) >= 11 is 7.39. The number of rotatable bonds is 4. The summed E-state index contributed by atoms with van der Waals surface area (Å²) in [6.45, 7) is 3.85. The zero-order valence-corrected chi connectivity index (χ0v) is 15.7. The third kappa shape index (κ3) is 3.94. The monoisotopic (exact) mass is 387 g/mol. The molecule has 1 aromatic heterocycles. The van der Waals surface area contributed by atoms with Crippen molar-refractivity contribution < 1.29 is 13.2 Å². The van der Waals surface area contributed by atoms with Crippen molar-refractivity contribution in [2.24, 2.45) is 0 Å². The summed E-state index contributed by atoms with van der Waals surface area (Å²) in [6.07, 6.45) is 1.03. The van der Waals surface area contributed by atoms with Gasteiger partial charge in [-0.1, -0.05) is 41.1 Å². The minimum Gasteiger partial charge on any atom is -0.371 e. The second kappa shape index (κ2) is 7.05. The Morgan fingerprint density at radius 2 is 2.12 bits per heavy atom. The Bertz CT molecular complexity index is 825. The molecule has 0 N–H and O–H groups in total. The van der Waals surface area contributed by atoms with Crippen LogP contribution in [0, 0.1) is 0 Å². The average molecular weight is 388 g/mol. The molecule has 0 bridgehead atoms. The van der Waals surface area contributed by atoms with Crippen molar-refractivity contribution in [3.8, 4) is 0 Å². The highest BCUT2D eigenvalue weighted by Crippen LogP contribution is 2.31. The summed E-state index contributed by atoms with van der Waals surface area (Å²) in [4.78, 5) is 2.21. The van der Waals surface area contributed by atoms with Crippen molar-refractivity contribution in [2.75, 3.05) is 19.4 Å². The first-order valence-corrected chi connectivity index (χ1v) is 10.6. The van der Waals surface area contributed by atoms with Crippen LogP contribution in [0.25, 0.3) is 0 Å². The molecule has 0 saturated carbocycles. The van der Waals surface area contributed by atoms with Crippen molar-refractivity contribution in [2.45, 2.75) is 30.0 Å². The second-order valence-corrected chi connectivity index (χ2v) is 9.51. The van der Waals surface area contributed by atoms with Gasteiger partial charge in [0.15, 0.2) is 0 Å². The number of hydrogen-bond acceptors (Lipinski definition) is 7. The molecule has 1 aromatic carbocycles. The van der Waals surface area contributed by atoms with E-state index in [2.05, 4.69) is 22.0 Å². The van der Waals surface area contributed by atoms with Crippen molar-refractivity contribution in [3.63, 3.8) is 0 Å². The number of benzene rings is 1. The van der Waals surface area contributed by atoms with Crippen LogP contribution in [0.3, 0.4) is 0 Å². The Labute approximate surface area is 150 Å². The molecule has 1 aliphatic heterocycles. The van der Waals surface area contributed by atoms with Gasteiger partial charge in [0.05, 0.1) is 19.3 Å². The van der Waals surface area contributed by atoms with Crippen LogP contribution in [-0.2, 0) is 21.1 Å². The summed E-state index contributed by atoms with van der Waals surface area (Å²) in [5, 5.41) is 9.15. The lowest BCUT2D eigenvalue weighted by Gasteiger charge is -2.37. The molecular formula is C15H18ClN3O3S2. The van der Waals surface area contributed by atoms with Gasteiger partial charge in [-0.3, -0.25) is 4.90 Å². The molecule has 2 unspecified atom stereocenters. The lowest BCUT2D eigenvalue weighted by molar-refractivity contribution is -0.0633. The number of nitrogens with zero attached hydrogens (tertiary/aromatic N) is 3. The Morgan fingerprint density at radius 3 is 2.79 bits per heavy atom. The van der Waals surface area contributed by atoms with E-state index in [1.807, 2.05) is 24.3 Å². The van der Waals surface area contributed by atoms with Crippen LogP contribution in [0.5, 0.6) is 0 Å². The third-order valence-corrected chi connectivity index (χ3v) is 6.84. The van der Waals surface area contributed by atoms with Crippen LogP contribution in [0.15, 0.2) is 28.6 Å². The van der Waals surface area contributed by atoms with Gasteiger partial charge in [0.1, 0.15) is 5.01 Å². The van der Waals surface area contributed by atoms with E-state index >= 15 is 0 Å². The Balaban J connectivity index is 1.75. The molecule has 6 nitrogen and oxygen atoms in total. The minimum atomic E-state index is -3.31. The molecule has 3 rings (SSSR count). The van der Waals surface area contributed by atoms with Crippen LogP contribution in [0.1, 0.15) is 23.6 Å². The molecule has 0 radical (unpaired) electrons. The summed E-state index contributed by atoms with van der Waals surface area (Å²) in [6, 6.07) is 7.85. The van der Waals surface area contributed by atoms with Gasteiger partial charge >= 0.3 is 0 Å². The first-order chi connectivity index (χ1) is 11.3. The first kappa shape index (κ1) is 17.8. The van der Waals surface area contributed by atoms with E-state index in [9.17, 15) is 8.42 Å². The quantitative estimate of drug-likeness (QED) is 0.802. The van der Waals surface area contributed by atoms with Crippen molar-refractivity contribution in [1.82, 2.24) is 15.1 Å². The van der Waals surface area contributed by atoms with Crippen molar-refractivity contribution in [3.05, 3.63) is 39.9 Å². The molecule has 130 valence electrons. The summed E-state index contributed by atoms with van der Waals surface area (Å²) in [5.41, 5.74) is 0.963. The van der Waals surface area contributed by atoms with Crippen LogP contribution < -0.4 is 0 Å². The molecule has 1 fully saturated rings. The fourth-order valence-corrected chi connectivity index (χ4v) is 4.51. The Hall–Kier alpha value is -1.06. The highest BCUT2D eigenvalue weighted by Gasteiger charge is 2.29. The summed E-state index contributed by atoms with van der Waals surface area (Å²) in [5.74, 6) is 0. The third-order valence-electron chi connectivity index (χ3n) is 3.92. The number of aromatic nitrogens is 2. The van der Waals surface area contributed by atoms with E-state index in [0.29, 0.717) is 29.7 Å². The minimum absolute atomic E-state index is 0.0565. The molecule has 0 amide bonds. The fourth-order valence-electron chi connectivity index (χ4n) is 2.58. The summed E-state index contributed by atoms with van der Waals surface area (Å²) < 4.78 is 29.1. The van der Waals surface area contributed by atoms with Gasteiger partial charge in [-0.25, -0.2) is 8.42 Å². The maximum atomic E-state index is 11.5. The molecule has 2 aromatic rings. The predicted molar refractivity (Wildman–Crippen MR) is 93.0 cm³/mol. The lowest BCUT2D eigenvalue weighted by Crippen LogP contribution is -2.44. The van der Waals surface area contributed by atoms with E-state index in [1.165, 1.54) is 0 Å². The number of ether oxygens (including phenoxy) is 1. The van der Waals surface area contributed by atoms with Gasteiger partial charge < -0.3 is 4.74 Å². The highest BCUT2D eigenvalue weighted by molar-refractivity contribution is 7.92. The van der Waals surface area contributed by atoms with E-state index in [1.54, 1.807) is 0 Å². The van der Waals surface area contributed by atoms with Gasteiger partial charge in [-0.15, -0.1) is 10.2 Å². The molecule has 2 heterocycles. The number of halogens is 1. The molecule has 9 heteroatoms. The lowest BCUT2D eigenvalue weighted by atomic mass is 10.1. The highest BCUT2D eigenvalue weighted by atomic mass is 35.5.